The minimum Gasteiger partial charge on any atom is -0.493 e. The Kier molecular flexibility index (Phi) is 5.87. The topological polar surface area (TPSA) is 30.5 Å². The SMILES string of the molecule is COc1cc(CNC(C)c2ccccc2)cc(I)c1OC. The molecule has 1 N–H and O–H groups in total. The van der Waals surface area contributed by atoms with Gasteiger partial charge in [0.25, 0.3) is 0 Å². The summed E-state index contributed by atoms with van der Waals surface area (Å²) in [5.41, 5.74) is 2.47. The van der Waals surface area contributed by atoms with Crippen molar-refractivity contribution in [2.24, 2.45) is 0 Å². The second-order valence-electron chi connectivity index (χ2n) is 4.83. The van der Waals surface area contributed by atoms with Crippen LogP contribution in [-0.4, -0.2) is 14.2 Å². The zero-order chi connectivity index (χ0) is 15.2. The van der Waals surface area contributed by atoms with E-state index in [9.17, 15) is 0 Å². The average molecular weight is 397 g/mol. The van der Waals surface area contributed by atoms with Crippen LogP contribution in [0.1, 0.15) is 24.1 Å². The molecule has 2 aromatic carbocycles. The molecule has 3 nitrogen and oxygen atoms in total. The van der Waals surface area contributed by atoms with Gasteiger partial charge < -0.3 is 14.8 Å². The summed E-state index contributed by atoms with van der Waals surface area (Å²) in [4.78, 5) is 0. The highest BCUT2D eigenvalue weighted by Crippen LogP contribution is 2.33. The molecule has 0 amide bonds. The summed E-state index contributed by atoms with van der Waals surface area (Å²) in [7, 11) is 3.33. The Morgan fingerprint density at radius 2 is 1.81 bits per heavy atom. The average Bonchev–Trinajstić information content (AvgIpc) is 2.52. The molecular weight excluding hydrogens is 377 g/mol. The third kappa shape index (κ3) is 4.11. The molecule has 0 aliphatic carbocycles. The highest BCUT2D eigenvalue weighted by molar-refractivity contribution is 14.1. The monoisotopic (exact) mass is 397 g/mol. The number of nitrogens with one attached hydrogen (secondary N) is 1. The minimum atomic E-state index is 0.303. The summed E-state index contributed by atoms with van der Waals surface area (Å²) >= 11 is 2.27. The van der Waals surface area contributed by atoms with Crippen molar-refractivity contribution in [1.29, 1.82) is 0 Å². The van der Waals surface area contributed by atoms with Crippen molar-refractivity contribution in [3.8, 4) is 11.5 Å². The Morgan fingerprint density at radius 1 is 1.10 bits per heavy atom. The van der Waals surface area contributed by atoms with Crippen molar-refractivity contribution in [2.75, 3.05) is 14.2 Å². The van der Waals surface area contributed by atoms with Gasteiger partial charge in [-0.1, -0.05) is 30.3 Å². The number of benzene rings is 2. The molecule has 112 valence electrons. The molecule has 0 radical (unpaired) electrons. The number of rotatable bonds is 6. The Hall–Kier alpha value is -1.27. The molecule has 0 bridgehead atoms. The lowest BCUT2D eigenvalue weighted by Gasteiger charge is -2.16. The molecule has 0 saturated carbocycles. The van der Waals surface area contributed by atoms with Gasteiger partial charge in [-0.2, -0.15) is 0 Å². The van der Waals surface area contributed by atoms with Crippen molar-refractivity contribution in [2.45, 2.75) is 19.5 Å². The summed E-state index contributed by atoms with van der Waals surface area (Å²) in [6.45, 7) is 2.95. The summed E-state index contributed by atoms with van der Waals surface area (Å²) in [6.07, 6.45) is 0. The van der Waals surface area contributed by atoms with E-state index in [0.717, 1.165) is 21.6 Å². The van der Waals surface area contributed by atoms with Crippen molar-refractivity contribution in [3.05, 3.63) is 57.2 Å². The predicted molar refractivity (Wildman–Crippen MR) is 94.0 cm³/mol. The first-order valence-electron chi connectivity index (χ1n) is 6.84. The van der Waals surface area contributed by atoms with Crippen LogP contribution in [0.4, 0.5) is 0 Å². The molecule has 0 spiro atoms. The van der Waals surface area contributed by atoms with Gasteiger partial charge in [-0.15, -0.1) is 0 Å². The lowest BCUT2D eigenvalue weighted by molar-refractivity contribution is 0.352. The van der Waals surface area contributed by atoms with E-state index in [1.54, 1.807) is 14.2 Å². The van der Waals surface area contributed by atoms with Gasteiger partial charge in [0.1, 0.15) is 0 Å². The molecule has 1 atom stereocenters. The summed E-state index contributed by atoms with van der Waals surface area (Å²) in [5, 5.41) is 3.53. The van der Waals surface area contributed by atoms with Gasteiger partial charge >= 0.3 is 0 Å². The number of ether oxygens (including phenoxy) is 2. The first kappa shape index (κ1) is 16.1. The van der Waals surface area contributed by atoms with Gasteiger partial charge in [-0.25, -0.2) is 0 Å². The standard InChI is InChI=1S/C17H20INO2/c1-12(14-7-5-4-6-8-14)19-11-13-9-15(18)17(21-3)16(10-13)20-2/h4-10,12,19H,11H2,1-3H3. The largest absolute Gasteiger partial charge is 0.493 e. The maximum atomic E-state index is 5.39. The van der Waals surface area contributed by atoms with Crippen LogP contribution in [0.5, 0.6) is 11.5 Å². The van der Waals surface area contributed by atoms with Crippen LogP contribution >= 0.6 is 22.6 Å². The molecule has 0 aromatic heterocycles. The van der Waals surface area contributed by atoms with Crippen molar-refractivity contribution in [1.82, 2.24) is 5.32 Å². The molecule has 2 aromatic rings. The highest BCUT2D eigenvalue weighted by atomic mass is 127. The van der Waals surface area contributed by atoms with Crippen LogP contribution in [0.2, 0.25) is 0 Å². The Balaban J connectivity index is 2.08. The molecule has 0 heterocycles. The molecular formula is C17H20INO2. The molecule has 2 rings (SSSR count). The zero-order valence-corrected chi connectivity index (χ0v) is 14.7. The fourth-order valence-corrected chi connectivity index (χ4v) is 3.09. The number of hydrogen-bond acceptors (Lipinski definition) is 3. The Labute approximate surface area is 139 Å². The van der Waals surface area contributed by atoms with Crippen LogP contribution in [-0.2, 0) is 6.54 Å². The first-order valence-corrected chi connectivity index (χ1v) is 7.92. The van der Waals surface area contributed by atoms with Gasteiger partial charge in [0.2, 0.25) is 0 Å². The van der Waals surface area contributed by atoms with Gasteiger partial charge in [0, 0.05) is 12.6 Å². The van der Waals surface area contributed by atoms with E-state index in [1.165, 1.54) is 11.1 Å². The number of methoxy groups -OCH3 is 2. The lowest BCUT2D eigenvalue weighted by atomic mass is 10.1. The quantitative estimate of drug-likeness (QED) is 0.743. The maximum absolute atomic E-state index is 5.39. The normalized spacial score (nSPS) is 12.0. The molecule has 0 aliphatic heterocycles. The molecule has 4 heteroatoms. The molecule has 0 fully saturated rings. The van der Waals surface area contributed by atoms with Gasteiger partial charge in [0.15, 0.2) is 11.5 Å². The van der Waals surface area contributed by atoms with Crippen LogP contribution in [0.15, 0.2) is 42.5 Å². The fraction of sp³-hybridized carbons (Fsp3) is 0.294. The predicted octanol–water partition coefficient (Wildman–Crippen LogP) is 4.16. The van der Waals surface area contributed by atoms with E-state index in [0.29, 0.717) is 6.04 Å². The van der Waals surface area contributed by atoms with Crippen molar-refractivity contribution < 1.29 is 9.47 Å². The van der Waals surface area contributed by atoms with E-state index in [-0.39, 0.29) is 0 Å². The summed E-state index contributed by atoms with van der Waals surface area (Å²) < 4.78 is 11.8. The Morgan fingerprint density at radius 3 is 2.43 bits per heavy atom. The minimum absolute atomic E-state index is 0.303. The van der Waals surface area contributed by atoms with Gasteiger partial charge in [-0.3, -0.25) is 0 Å². The first-order chi connectivity index (χ1) is 10.2. The van der Waals surface area contributed by atoms with E-state index < -0.39 is 0 Å². The van der Waals surface area contributed by atoms with Crippen LogP contribution in [0, 0.1) is 3.57 Å². The highest BCUT2D eigenvalue weighted by Gasteiger charge is 2.11. The van der Waals surface area contributed by atoms with E-state index >= 15 is 0 Å². The second kappa shape index (κ2) is 7.66. The van der Waals surface area contributed by atoms with Crippen LogP contribution in [0.25, 0.3) is 0 Å². The molecule has 21 heavy (non-hydrogen) atoms. The molecule has 0 saturated heterocycles. The van der Waals surface area contributed by atoms with Crippen molar-refractivity contribution in [3.63, 3.8) is 0 Å². The van der Waals surface area contributed by atoms with Crippen molar-refractivity contribution >= 4 is 22.6 Å². The molecule has 1 unspecified atom stereocenters. The zero-order valence-electron chi connectivity index (χ0n) is 12.5. The van der Waals surface area contributed by atoms with Gasteiger partial charge in [-0.05, 0) is 52.8 Å². The summed E-state index contributed by atoms with van der Waals surface area (Å²) in [6, 6.07) is 14.9. The van der Waals surface area contributed by atoms with Gasteiger partial charge in [0.05, 0.1) is 17.8 Å². The van der Waals surface area contributed by atoms with E-state index in [2.05, 4.69) is 65.2 Å². The van der Waals surface area contributed by atoms with Crippen LogP contribution in [0.3, 0.4) is 0 Å². The van der Waals surface area contributed by atoms with E-state index in [4.69, 9.17) is 9.47 Å². The third-order valence-electron chi connectivity index (χ3n) is 3.41. The fourth-order valence-electron chi connectivity index (χ4n) is 2.20. The summed E-state index contributed by atoms with van der Waals surface area (Å²) in [5.74, 6) is 1.56. The number of hydrogen-bond donors (Lipinski definition) is 1. The Bertz CT molecular complexity index is 587. The smallest absolute Gasteiger partial charge is 0.174 e. The van der Waals surface area contributed by atoms with Crippen LogP contribution < -0.4 is 14.8 Å². The number of halogens is 1. The maximum Gasteiger partial charge on any atom is 0.174 e. The molecule has 0 aliphatic rings. The lowest BCUT2D eigenvalue weighted by Crippen LogP contribution is -2.18. The van der Waals surface area contributed by atoms with E-state index in [1.807, 2.05) is 12.1 Å². The third-order valence-corrected chi connectivity index (χ3v) is 4.21. The second-order valence-corrected chi connectivity index (χ2v) is 5.99.